The Morgan fingerprint density at radius 2 is 1.89 bits per heavy atom. The van der Waals surface area contributed by atoms with E-state index in [0.717, 1.165) is 40.5 Å². The maximum Gasteiger partial charge on any atom is 0.148 e. The number of ether oxygens (including phenoxy) is 1. The summed E-state index contributed by atoms with van der Waals surface area (Å²) >= 11 is 0. The lowest BCUT2D eigenvalue weighted by molar-refractivity contribution is 0.411. The zero-order chi connectivity index (χ0) is 13.8. The minimum atomic E-state index is 0.800. The molecule has 0 amide bonds. The molecule has 1 N–H and O–H groups in total. The minimum absolute atomic E-state index is 0.800. The number of nitrogens with zero attached hydrogens (tertiary/aromatic N) is 2. The molecule has 19 heavy (non-hydrogen) atoms. The molecule has 1 aromatic carbocycles. The summed E-state index contributed by atoms with van der Waals surface area (Å²) in [6.45, 7) is 6.96. The lowest BCUT2D eigenvalue weighted by Crippen LogP contribution is -2.01. The van der Waals surface area contributed by atoms with Gasteiger partial charge in [0.2, 0.25) is 0 Å². The van der Waals surface area contributed by atoms with Gasteiger partial charge in [0.1, 0.15) is 11.6 Å². The van der Waals surface area contributed by atoms with Gasteiger partial charge in [-0.3, -0.25) is 0 Å². The van der Waals surface area contributed by atoms with Crippen LogP contribution in [0, 0.1) is 13.8 Å². The lowest BCUT2D eigenvalue weighted by atomic mass is 10.0. The summed E-state index contributed by atoms with van der Waals surface area (Å²) in [4.78, 5) is 0. The van der Waals surface area contributed by atoms with Crippen molar-refractivity contribution >= 4 is 5.82 Å². The van der Waals surface area contributed by atoms with Gasteiger partial charge in [-0.05, 0) is 56.2 Å². The Morgan fingerprint density at radius 3 is 2.47 bits per heavy atom. The van der Waals surface area contributed by atoms with Gasteiger partial charge >= 0.3 is 0 Å². The molecular weight excluding hydrogens is 238 g/mol. The first-order chi connectivity index (χ1) is 9.15. The molecule has 4 nitrogen and oxygen atoms in total. The molecule has 0 atom stereocenters. The van der Waals surface area contributed by atoms with Crippen LogP contribution in [0.15, 0.2) is 24.3 Å². The quantitative estimate of drug-likeness (QED) is 0.913. The molecule has 0 fully saturated rings. The van der Waals surface area contributed by atoms with Crippen LogP contribution in [0.1, 0.15) is 18.1 Å². The Kier molecular flexibility index (Phi) is 4.00. The summed E-state index contributed by atoms with van der Waals surface area (Å²) in [5.74, 6) is 1.70. The van der Waals surface area contributed by atoms with Crippen molar-refractivity contribution in [2.75, 3.05) is 19.0 Å². The molecule has 2 rings (SSSR count). The molecule has 1 heterocycles. The van der Waals surface area contributed by atoms with E-state index in [1.54, 1.807) is 7.11 Å². The molecule has 1 aromatic heterocycles. The third-order valence-electron chi connectivity index (χ3n) is 3.04. The normalized spacial score (nSPS) is 10.3. The van der Waals surface area contributed by atoms with Crippen LogP contribution in [0.4, 0.5) is 5.82 Å². The number of nitrogens with one attached hydrogen (secondary N) is 1. The Morgan fingerprint density at radius 1 is 1.11 bits per heavy atom. The Bertz CT molecular complexity index is 564. The highest BCUT2D eigenvalue weighted by atomic mass is 16.5. The summed E-state index contributed by atoms with van der Waals surface area (Å²) in [6.07, 6.45) is 0. The van der Waals surface area contributed by atoms with E-state index < -0.39 is 0 Å². The van der Waals surface area contributed by atoms with E-state index in [1.165, 1.54) is 0 Å². The van der Waals surface area contributed by atoms with Crippen LogP contribution in [0.5, 0.6) is 5.75 Å². The van der Waals surface area contributed by atoms with Gasteiger partial charge < -0.3 is 10.1 Å². The molecular formula is C15H19N3O. The molecule has 0 spiro atoms. The van der Waals surface area contributed by atoms with Crippen LogP contribution < -0.4 is 10.1 Å². The van der Waals surface area contributed by atoms with Crippen molar-refractivity contribution in [3.8, 4) is 17.0 Å². The topological polar surface area (TPSA) is 47.0 Å². The fourth-order valence-electron chi connectivity index (χ4n) is 2.04. The van der Waals surface area contributed by atoms with E-state index in [4.69, 9.17) is 4.74 Å². The van der Waals surface area contributed by atoms with E-state index >= 15 is 0 Å². The Hall–Kier alpha value is -2.10. The van der Waals surface area contributed by atoms with Crippen molar-refractivity contribution in [3.05, 3.63) is 35.4 Å². The first-order valence-electron chi connectivity index (χ1n) is 6.39. The van der Waals surface area contributed by atoms with Crippen molar-refractivity contribution in [2.24, 2.45) is 0 Å². The van der Waals surface area contributed by atoms with Gasteiger partial charge in [0, 0.05) is 12.1 Å². The Balaban J connectivity index is 2.38. The molecule has 0 radical (unpaired) electrons. The molecule has 4 heteroatoms. The zero-order valence-electron chi connectivity index (χ0n) is 11.8. The average Bonchev–Trinajstić information content (AvgIpc) is 2.42. The van der Waals surface area contributed by atoms with Gasteiger partial charge in [0.25, 0.3) is 0 Å². The van der Waals surface area contributed by atoms with Crippen LogP contribution in [-0.2, 0) is 0 Å². The van der Waals surface area contributed by atoms with Crippen molar-refractivity contribution in [1.29, 1.82) is 0 Å². The van der Waals surface area contributed by atoms with Crippen molar-refractivity contribution in [2.45, 2.75) is 20.8 Å². The summed E-state index contributed by atoms with van der Waals surface area (Å²) in [6, 6.07) is 8.06. The second kappa shape index (κ2) is 5.69. The van der Waals surface area contributed by atoms with Crippen LogP contribution in [-0.4, -0.2) is 23.9 Å². The van der Waals surface area contributed by atoms with Crippen molar-refractivity contribution in [1.82, 2.24) is 10.2 Å². The molecule has 0 bridgehead atoms. The third-order valence-corrected chi connectivity index (χ3v) is 3.04. The Labute approximate surface area is 113 Å². The summed E-state index contributed by atoms with van der Waals surface area (Å²) in [5.41, 5.74) is 4.20. The van der Waals surface area contributed by atoms with E-state index in [2.05, 4.69) is 28.5 Å². The fourth-order valence-corrected chi connectivity index (χ4v) is 2.04. The predicted octanol–water partition coefficient (Wildman–Crippen LogP) is 3.20. The number of hydrogen-bond donors (Lipinski definition) is 1. The van der Waals surface area contributed by atoms with E-state index in [0.29, 0.717) is 0 Å². The first kappa shape index (κ1) is 13.3. The SMILES string of the molecule is CCNc1ccc(-c2cc(C)c(OC)cc2C)nn1. The highest BCUT2D eigenvalue weighted by Gasteiger charge is 2.08. The monoisotopic (exact) mass is 257 g/mol. The lowest BCUT2D eigenvalue weighted by Gasteiger charge is -2.11. The minimum Gasteiger partial charge on any atom is -0.496 e. The van der Waals surface area contributed by atoms with Crippen molar-refractivity contribution < 1.29 is 4.74 Å². The summed E-state index contributed by atoms with van der Waals surface area (Å²) in [7, 11) is 1.69. The average molecular weight is 257 g/mol. The number of aryl methyl sites for hydroxylation is 2. The molecule has 2 aromatic rings. The van der Waals surface area contributed by atoms with Gasteiger partial charge in [-0.15, -0.1) is 10.2 Å². The zero-order valence-corrected chi connectivity index (χ0v) is 11.8. The van der Waals surface area contributed by atoms with E-state index in [-0.39, 0.29) is 0 Å². The number of aromatic nitrogens is 2. The third kappa shape index (κ3) is 2.84. The first-order valence-corrected chi connectivity index (χ1v) is 6.39. The smallest absolute Gasteiger partial charge is 0.148 e. The van der Waals surface area contributed by atoms with Gasteiger partial charge in [0.05, 0.1) is 12.8 Å². The van der Waals surface area contributed by atoms with Crippen LogP contribution >= 0.6 is 0 Å². The van der Waals surface area contributed by atoms with Gasteiger partial charge in [0.15, 0.2) is 0 Å². The molecule has 100 valence electrons. The number of methoxy groups -OCH3 is 1. The largest absolute Gasteiger partial charge is 0.496 e. The van der Waals surface area contributed by atoms with Crippen LogP contribution in [0.3, 0.4) is 0 Å². The number of rotatable bonds is 4. The fraction of sp³-hybridized carbons (Fsp3) is 0.333. The predicted molar refractivity (Wildman–Crippen MR) is 77.7 cm³/mol. The van der Waals surface area contributed by atoms with E-state index in [1.807, 2.05) is 32.0 Å². The molecule has 0 aliphatic carbocycles. The van der Waals surface area contributed by atoms with Crippen molar-refractivity contribution in [3.63, 3.8) is 0 Å². The molecule has 0 aliphatic heterocycles. The van der Waals surface area contributed by atoms with Gasteiger partial charge in [-0.1, -0.05) is 0 Å². The number of anilines is 1. The highest BCUT2D eigenvalue weighted by molar-refractivity contribution is 5.66. The number of benzene rings is 1. The summed E-state index contributed by atoms with van der Waals surface area (Å²) in [5, 5.41) is 11.6. The molecule has 0 aliphatic rings. The molecule has 0 saturated heterocycles. The van der Waals surface area contributed by atoms with Gasteiger partial charge in [-0.2, -0.15) is 0 Å². The summed E-state index contributed by atoms with van der Waals surface area (Å²) < 4.78 is 5.32. The maximum absolute atomic E-state index is 5.32. The molecule has 0 saturated carbocycles. The second-order valence-corrected chi connectivity index (χ2v) is 4.47. The second-order valence-electron chi connectivity index (χ2n) is 4.47. The van der Waals surface area contributed by atoms with Crippen LogP contribution in [0.2, 0.25) is 0 Å². The van der Waals surface area contributed by atoms with Gasteiger partial charge in [-0.25, -0.2) is 0 Å². The van der Waals surface area contributed by atoms with E-state index in [9.17, 15) is 0 Å². The maximum atomic E-state index is 5.32. The number of hydrogen-bond acceptors (Lipinski definition) is 4. The standard InChI is InChI=1S/C15H19N3O/c1-5-16-15-7-6-13(17-18-15)12-8-11(3)14(19-4)9-10(12)2/h6-9H,5H2,1-4H3,(H,16,18). The molecule has 0 unspecified atom stereocenters. The highest BCUT2D eigenvalue weighted by Crippen LogP contribution is 2.28. The van der Waals surface area contributed by atoms with Crippen LogP contribution in [0.25, 0.3) is 11.3 Å².